The Kier molecular flexibility index (Phi) is 5.63. The molecule has 0 saturated carbocycles. The first-order chi connectivity index (χ1) is 8.17. The summed E-state index contributed by atoms with van der Waals surface area (Å²) in [5, 5.41) is 3.28. The van der Waals surface area contributed by atoms with E-state index in [0.717, 1.165) is 12.1 Å². The van der Waals surface area contributed by atoms with E-state index in [0.29, 0.717) is 13.0 Å². The molecule has 1 atom stereocenters. The van der Waals surface area contributed by atoms with Crippen molar-refractivity contribution in [3.05, 3.63) is 29.6 Å². The van der Waals surface area contributed by atoms with Gasteiger partial charge in [0.2, 0.25) is 0 Å². The van der Waals surface area contributed by atoms with Crippen LogP contribution in [0.3, 0.4) is 0 Å². The molecule has 1 aromatic heterocycles. The molecule has 1 aromatic rings. The Morgan fingerprint density at radius 3 is 3.00 bits per heavy atom. The maximum absolute atomic E-state index is 11.1. The lowest BCUT2D eigenvalue weighted by Crippen LogP contribution is -2.29. The van der Waals surface area contributed by atoms with Gasteiger partial charge in [-0.05, 0) is 25.0 Å². The third-order valence-electron chi connectivity index (χ3n) is 2.68. The van der Waals surface area contributed by atoms with Crippen LogP contribution in [0.25, 0.3) is 0 Å². The normalized spacial score (nSPS) is 12.2. The van der Waals surface area contributed by atoms with Crippen molar-refractivity contribution in [2.24, 2.45) is 0 Å². The number of ether oxygens (including phenoxy) is 1. The number of nitrogens with one attached hydrogen (secondary N) is 1. The highest BCUT2D eigenvalue weighted by atomic mass is 16.5. The second-order valence-electron chi connectivity index (χ2n) is 4.02. The zero-order valence-electron chi connectivity index (χ0n) is 10.7. The number of hydrogen-bond donors (Lipinski definition) is 1. The van der Waals surface area contributed by atoms with Gasteiger partial charge in [-0.1, -0.05) is 13.0 Å². The Morgan fingerprint density at radius 1 is 1.59 bits per heavy atom. The van der Waals surface area contributed by atoms with Gasteiger partial charge < -0.3 is 10.1 Å². The molecule has 1 heterocycles. The first-order valence-corrected chi connectivity index (χ1v) is 5.90. The van der Waals surface area contributed by atoms with Crippen LogP contribution in [0, 0.1) is 0 Å². The van der Waals surface area contributed by atoms with Crippen LogP contribution in [0.15, 0.2) is 18.3 Å². The molecule has 17 heavy (non-hydrogen) atoms. The zero-order chi connectivity index (χ0) is 12.7. The van der Waals surface area contributed by atoms with Crippen molar-refractivity contribution in [1.29, 1.82) is 0 Å². The van der Waals surface area contributed by atoms with E-state index in [2.05, 4.69) is 28.0 Å². The molecule has 0 aliphatic rings. The van der Waals surface area contributed by atoms with Gasteiger partial charge in [0.25, 0.3) is 0 Å². The minimum atomic E-state index is -0.193. The van der Waals surface area contributed by atoms with Gasteiger partial charge in [-0.3, -0.25) is 9.78 Å². The molecule has 0 aliphatic carbocycles. The SMILES string of the molecule is CCc1cccnc1CNC(C)CC(=O)OC. The molecule has 0 fully saturated rings. The van der Waals surface area contributed by atoms with Crippen LogP contribution < -0.4 is 5.32 Å². The third-order valence-corrected chi connectivity index (χ3v) is 2.68. The fraction of sp³-hybridized carbons (Fsp3) is 0.538. The van der Waals surface area contributed by atoms with E-state index in [1.165, 1.54) is 12.7 Å². The van der Waals surface area contributed by atoms with Crippen LogP contribution >= 0.6 is 0 Å². The summed E-state index contributed by atoms with van der Waals surface area (Å²) >= 11 is 0. The predicted molar refractivity (Wildman–Crippen MR) is 66.5 cm³/mol. The zero-order valence-corrected chi connectivity index (χ0v) is 10.7. The average molecular weight is 236 g/mol. The Labute approximate surface area is 102 Å². The summed E-state index contributed by atoms with van der Waals surface area (Å²) in [4.78, 5) is 15.4. The predicted octanol–water partition coefficient (Wildman–Crippen LogP) is 1.69. The summed E-state index contributed by atoms with van der Waals surface area (Å²) in [6.45, 7) is 4.76. The van der Waals surface area contributed by atoms with Gasteiger partial charge in [-0.2, -0.15) is 0 Å². The highest BCUT2D eigenvalue weighted by Gasteiger charge is 2.09. The summed E-state index contributed by atoms with van der Waals surface area (Å²) in [6.07, 6.45) is 3.14. The number of hydrogen-bond acceptors (Lipinski definition) is 4. The van der Waals surface area contributed by atoms with Crippen LogP contribution in [0.1, 0.15) is 31.5 Å². The van der Waals surface area contributed by atoms with Gasteiger partial charge in [0.15, 0.2) is 0 Å². The smallest absolute Gasteiger partial charge is 0.307 e. The number of esters is 1. The van der Waals surface area contributed by atoms with E-state index in [-0.39, 0.29) is 12.0 Å². The molecule has 0 aliphatic heterocycles. The largest absolute Gasteiger partial charge is 0.469 e. The molecule has 4 nitrogen and oxygen atoms in total. The Hall–Kier alpha value is -1.42. The monoisotopic (exact) mass is 236 g/mol. The van der Waals surface area contributed by atoms with Crippen LogP contribution in [0.2, 0.25) is 0 Å². The van der Waals surface area contributed by atoms with Gasteiger partial charge in [0.05, 0.1) is 19.2 Å². The number of methoxy groups -OCH3 is 1. The van der Waals surface area contributed by atoms with Crippen molar-refractivity contribution < 1.29 is 9.53 Å². The molecule has 1 rings (SSSR count). The number of carbonyl (C=O) groups is 1. The number of carbonyl (C=O) groups excluding carboxylic acids is 1. The van der Waals surface area contributed by atoms with Gasteiger partial charge in [-0.25, -0.2) is 0 Å². The van der Waals surface area contributed by atoms with Crippen molar-refractivity contribution in [1.82, 2.24) is 10.3 Å². The molecule has 0 amide bonds. The van der Waals surface area contributed by atoms with Gasteiger partial charge >= 0.3 is 5.97 Å². The third kappa shape index (κ3) is 4.53. The summed E-state index contributed by atoms with van der Waals surface area (Å²) in [6, 6.07) is 4.11. The Morgan fingerprint density at radius 2 is 2.35 bits per heavy atom. The summed E-state index contributed by atoms with van der Waals surface area (Å²) in [7, 11) is 1.41. The summed E-state index contributed by atoms with van der Waals surface area (Å²) in [5.74, 6) is -0.193. The second-order valence-corrected chi connectivity index (χ2v) is 4.02. The fourth-order valence-corrected chi connectivity index (χ4v) is 1.63. The lowest BCUT2D eigenvalue weighted by atomic mass is 10.1. The number of rotatable bonds is 6. The molecule has 0 saturated heterocycles. The Bertz CT molecular complexity index is 366. The van der Waals surface area contributed by atoms with E-state index in [4.69, 9.17) is 0 Å². The Balaban J connectivity index is 2.47. The molecular formula is C13H20N2O2. The molecule has 1 unspecified atom stereocenters. The van der Waals surface area contributed by atoms with Gasteiger partial charge in [0.1, 0.15) is 0 Å². The topological polar surface area (TPSA) is 51.2 Å². The van der Waals surface area contributed by atoms with Crippen molar-refractivity contribution in [2.45, 2.75) is 39.3 Å². The molecule has 1 N–H and O–H groups in total. The molecule has 0 radical (unpaired) electrons. The van der Waals surface area contributed by atoms with Gasteiger partial charge in [0, 0.05) is 18.8 Å². The van der Waals surface area contributed by atoms with E-state index in [1.807, 2.05) is 13.0 Å². The molecule has 0 aromatic carbocycles. The van der Waals surface area contributed by atoms with Gasteiger partial charge in [-0.15, -0.1) is 0 Å². The number of nitrogens with zero attached hydrogens (tertiary/aromatic N) is 1. The first kappa shape index (κ1) is 13.6. The van der Waals surface area contributed by atoms with Crippen molar-refractivity contribution in [2.75, 3.05) is 7.11 Å². The lowest BCUT2D eigenvalue weighted by molar-refractivity contribution is -0.141. The maximum atomic E-state index is 11.1. The number of aromatic nitrogens is 1. The van der Waals surface area contributed by atoms with E-state index in [9.17, 15) is 4.79 Å². The van der Waals surface area contributed by atoms with E-state index >= 15 is 0 Å². The summed E-state index contributed by atoms with van der Waals surface area (Å²) in [5.41, 5.74) is 2.29. The second kappa shape index (κ2) is 7.01. The van der Waals surface area contributed by atoms with Crippen LogP contribution in [0.4, 0.5) is 0 Å². The van der Waals surface area contributed by atoms with Crippen molar-refractivity contribution in [3.8, 4) is 0 Å². The minimum Gasteiger partial charge on any atom is -0.469 e. The highest BCUT2D eigenvalue weighted by molar-refractivity contribution is 5.69. The fourth-order valence-electron chi connectivity index (χ4n) is 1.63. The lowest BCUT2D eigenvalue weighted by Gasteiger charge is -2.13. The van der Waals surface area contributed by atoms with Crippen molar-refractivity contribution >= 4 is 5.97 Å². The standard InChI is InChI=1S/C13H20N2O2/c1-4-11-6-5-7-14-12(11)9-15-10(2)8-13(16)17-3/h5-7,10,15H,4,8-9H2,1-3H3. The molecular weight excluding hydrogens is 216 g/mol. The average Bonchev–Trinajstić information content (AvgIpc) is 2.36. The van der Waals surface area contributed by atoms with E-state index < -0.39 is 0 Å². The van der Waals surface area contributed by atoms with Crippen LogP contribution in [-0.4, -0.2) is 24.1 Å². The molecule has 0 bridgehead atoms. The first-order valence-electron chi connectivity index (χ1n) is 5.90. The number of aryl methyl sites for hydroxylation is 1. The maximum Gasteiger partial charge on any atom is 0.307 e. The summed E-state index contributed by atoms with van der Waals surface area (Å²) < 4.78 is 4.62. The molecule has 0 spiro atoms. The quantitative estimate of drug-likeness (QED) is 0.764. The van der Waals surface area contributed by atoms with Crippen LogP contribution in [-0.2, 0) is 22.5 Å². The van der Waals surface area contributed by atoms with Crippen molar-refractivity contribution in [3.63, 3.8) is 0 Å². The highest BCUT2D eigenvalue weighted by Crippen LogP contribution is 2.06. The minimum absolute atomic E-state index is 0.0918. The van der Waals surface area contributed by atoms with Crippen LogP contribution in [0.5, 0.6) is 0 Å². The van der Waals surface area contributed by atoms with E-state index in [1.54, 1.807) is 6.20 Å². The molecule has 4 heteroatoms. The molecule has 94 valence electrons. The number of pyridine rings is 1.